The van der Waals surface area contributed by atoms with Gasteiger partial charge in [0.1, 0.15) is 0 Å². The molecule has 2 bridgehead atoms. The Kier molecular flexibility index (Phi) is 4.05. The molecule has 20 heavy (non-hydrogen) atoms. The van der Waals surface area contributed by atoms with Gasteiger partial charge in [-0.1, -0.05) is 12.1 Å². The number of nitrogens with zero attached hydrogens (tertiary/aromatic N) is 2. The number of nitriles is 1. The molecule has 2 aliphatic rings. The lowest BCUT2D eigenvalue weighted by Crippen LogP contribution is -2.42. The zero-order valence-corrected chi connectivity index (χ0v) is 12.2. The van der Waals surface area contributed by atoms with E-state index in [0.717, 1.165) is 36.7 Å². The van der Waals surface area contributed by atoms with Crippen molar-refractivity contribution in [2.24, 2.45) is 5.92 Å². The van der Waals surface area contributed by atoms with E-state index in [1.165, 1.54) is 31.2 Å². The summed E-state index contributed by atoms with van der Waals surface area (Å²) in [6.07, 6.45) is 5.50. The van der Waals surface area contributed by atoms with Gasteiger partial charge in [-0.25, -0.2) is 0 Å². The van der Waals surface area contributed by atoms with Gasteiger partial charge in [0.05, 0.1) is 11.6 Å². The smallest absolute Gasteiger partial charge is 0.0991 e. The minimum absolute atomic E-state index is 0.737. The van der Waals surface area contributed by atoms with Gasteiger partial charge in [-0.3, -0.25) is 0 Å². The number of hydrogen-bond acceptors (Lipinski definition) is 3. The summed E-state index contributed by atoms with van der Waals surface area (Å²) in [6.45, 7) is 2.04. The van der Waals surface area contributed by atoms with Gasteiger partial charge in [0.2, 0.25) is 0 Å². The molecule has 2 saturated heterocycles. The van der Waals surface area contributed by atoms with Crippen molar-refractivity contribution >= 4 is 0 Å². The Bertz CT molecular complexity index is 474. The summed E-state index contributed by atoms with van der Waals surface area (Å²) >= 11 is 0. The molecular formula is C17H23N3. The van der Waals surface area contributed by atoms with Gasteiger partial charge in [-0.2, -0.15) is 5.26 Å². The van der Waals surface area contributed by atoms with E-state index in [1.807, 2.05) is 24.3 Å². The lowest BCUT2D eigenvalue weighted by Gasteiger charge is -2.36. The second-order valence-electron chi connectivity index (χ2n) is 6.33. The summed E-state index contributed by atoms with van der Waals surface area (Å²) in [5.41, 5.74) is 2.00. The maximum Gasteiger partial charge on any atom is 0.0991 e. The van der Waals surface area contributed by atoms with Crippen molar-refractivity contribution in [2.75, 3.05) is 13.6 Å². The molecule has 0 saturated carbocycles. The molecule has 1 aromatic carbocycles. The highest BCUT2D eigenvalue weighted by Crippen LogP contribution is 2.36. The van der Waals surface area contributed by atoms with Gasteiger partial charge < -0.3 is 10.2 Å². The molecule has 3 heteroatoms. The van der Waals surface area contributed by atoms with Crippen LogP contribution in [-0.4, -0.2) is 30.6 Å². The van der Waals surface area contributed by atoms with Crippen LogP contribution in [0.5, 0.6) is 0 Å². The lowest BCUT2D eigenvalue weighted by molar-refractivity contribution is 0.133. The first kappa shape index (κ1) is 13.6. The third kappa shape index (κ3) is 2.87. The van der Waals surface area contributed by atoms with E-state index < -0.39 is 0 Å². The molecule has 2 unspecified atom stereocenters. The molecule has 2 heterocycles. The highest BCUT2D eigenvalue weighted by atomic mass is 15.2. The number of piperidine rings is 1. The van der Waals surface area contributed by atoms with Crippen LogP contribution in [0.25, 0.3) is 0 Å². The van der Waals surface area contributed by atoms with Crippen LogP contribution in [-0.2, 0) is 6.54 Å². The van der Waals surface area contributed by atoms with Gasteiger partial charge in [-0.15, -0.1) is 0 Å². The van der Waals surface area contributed by atoms with Crippen LogP contribution in [0, 0.1) is 17.2 Å². The van der Waals surface area contributed by atoms with Crippen LogP contribution < -0.4 is 5.32 Å². The molecule has 2 fully saturated rings. The Balaban J connectivity index is 1.45. The highest BCUT2D eigenvalue weighted by Gasteiger charge is 2.37. The summed E-state index contributed by atoms with van der Waals surface area (Å²) < 4.78 is 0. The predicted molar refractivity (Wildman–Crippen MR) is 80.2 cm³/mol. The van der Waals surface area contributed by atoms with Crippen molar-refractivity contribution in [1.82, 2.24) is 10.2 Å². The fourth-order valence-electron chi connectivity index (χ4n) is 3.81. The number of hydrogen-bond donors (Lipinski definition) is 1. The maximum atomic E-state index is 8.78. The SMILES string of the molecule is CN1C2CCC1CC(CNCc1ccc(C#N)cc1)C2. The van der Waals surface area contributed by atoms with Crippen molar-refractivity contribution in [1.29, 1.82) is 5.26 Å². The van der Waals surface area contributed by atoms with Crippen LogP contribution in [0.3, 0.4) is 0 Å². The standard InChI is InChI=1S/C17H23N3/c1-20-16-6-7-17(20)9-15(8-16)12-19-11-14-4-2-13(10-18)3-5-14/h2-5,15-17,19H,6-9,11-12H2,1H3. The molecule has 2 atom stereocenters. The van der Waals surface area contributed by atoms with E-state index >= 15 is 0 Å². The largest absolute Gasteiger partial charge is 0.312 e. The Morgan fingerprint density at radius 2 is 1.85 bits per heavy atom. The first-order chi connectivity index (χ1) is 9.76. The van der Waals surface area contributed by atoms with Crippen LogP contribution in [0.1, 0.15) is 36.8 Å². The highest BCUT2D eigenvalue weighted by molar-refractivity contribution is 5.31. The van der Waals surface area contributed by atoms with Crippen molar-refractivity contribution in [3.05, 3.63) is 35.4 Å². The third-order valence-corrected chi connectivity index (χ3v) is 5.04. The van der Waals surface area contributed by atoms with Crippen LogP contribution >= 0.6 is 0 Å². The van der Waals surface area contributed by atoms with Gasteiger partial charge >= 0.3 is 0 Å². The molecule has 1 N–H and O–H groups in total. The van der Waals surface area contributed by atoms with E-state index in [9.17, 15) is 0 Å². The van der Waals surface area contributed by atoms with Gasteiger partial charge in [-0.05, 0) is 62.9 Å². The lowest BCUT2D eigenvalue weighted by atomic mass is 9.91. The maximum absolute atomic E-state index is 8.78. The van der Waals surface area contributed by atoms with E-state index in [-0.39, 0.29) is 0 Å². The van der Waals surface area contributed by atoms with E-state index in [1.54, 1.807) is 0 Å². The molecule has 0 radical (unpaired) electrons. The van der Waals surface area contributed by atoms with Gasteiger partial charge in [0, 0.05) is 18.6 Å². The second kappa shape index (κ2) is 5.95. The number of fused-ring (bicyclic) bond motifs is 2. The molecule has 106 valence electrons. The minimum atomic E-state index is 0.737. The van der Waals surface area contributed by atoms with Crippen molar-refractivity contribution in [3.63, 3.8) is 0 Å². The Morgan fingerprint density at radius 1 is 1.20 bits per heavy atom. The normalized spacial score (nSPS) is 29.3. The molecule has 1 aromatic rings. The number of nitrogens with one attached hydrogen (secondary N) is 1. The fourth-order valence-corrected chi connectivity index (χ4v) is 3.81. The summed E-state index contributed by atoms with van der Waals surface area (Å²) in [7, 11) is 2.29. The minimum Gasteiger partial charge on any atom is -0.312 e. The molecule has 0 aliphatic carbocycles. The van der Waals surface area contributed by atoms with Gasteiger partial charge in [0.15, 0.2) is 0 Å². The summed E-state index contributed by atoms with van der Waals surface area (Å²) in [4.78, 5) is 2.59. The number of benzene rings is 1. The first-order valence-electron chi connectivity index (χ1n) is 7.68. The monoisotopic (exact) mass is 269 g/mol. The summed E-state index contributed by atoms with van der Waals surface area (Å²) in [5.74, 6) is 0.835. The van der Waals surface area contributed by atoms with E-state index in [4.69, 9.17) is 5.26 Å². The summed E-state index contributed by atoms with van der Waals surface area (Å²) in [5, 5.41) is 12.4. The van der Waals surface area contributed by atoms with Crippen LogP contribution in [0.4, 0.5) is 0 Å². The van der Waals surface area contributed by atoms with E-state index in [2.05, 4.69) is 23.3 Å². The Hall–Kier alpha value is -1.37. The fraction of sp³-hybridized carbons (Fsp3) is 0.588. The average Bonchev–Trinajstić information content (AvgIpc) is 2.70. The third-order valence-electron chi connectivity index (χ3n) is 5.04. The van der Waals surface area contributed by atoms with Crippen molar-refractivity contribution in [3.8, 4) is 6.07 Å². The average molecular weight is 269 g/mol. The molecular weight excluding hydrogens is 246 g/mol. The molecule has 2 aliphatic heterocycles. The van der Waals surface area contributed by atoms with Crippen molar-refractivity contribution in [2.45, 2.75) is 44.3 Å². The van der Waals surface area contributed by atoms with Crippen LogP contribution in [0.2, 0.25) is 0 Å². The molecule has 3 rings (SSSR count). The Morgan fingerprint density at radius 3 is 2.45 bits per heavy atom. The first-order valence-corrected chi connectivity index (χ1v) is 7.68. The zero-order valence-electron chi connectivity index (χ0n) is 12.2. The summed E-state index contributed by atoms with van der Waals surface area (Å²) in [6, 6.07) is 11.7. The number of rotatable bonds is 4. The Labute approximate surface area is 121 Å². The van der Waals surface area contributed by atoms with Gasteiger partial charge in [0.25, 0.3) is 0 Å². The molecule has 0 amide bonds. The predicted octanol–water partition coefficient (Wildman–Crippen LogP) is 2.52. The van der Waals surface area contributed by atoms with Crippen molar-refractivity contribution < 1.29 is 0 Å². The second-order valence-corrected chi connectivity index (χ2v) is 6.33. The topological polar surface area (TPSA) is 39.1 Å². The van der Waals surface area contributed by atoms with E-state index in [0.29, 0.717) is 0 Å². The molecule has 0 spiro atoms. The quantitative estimate of drug-likeness (QED) is 0.913. The van der Waals surface area contributed by atoms with Crippen LogP contribution in [0.15, 0.2) is 24.3 Å². The molecule has 3 nitrogen and oxygen atoms in total. The zero-order chi connectivity index (χ0) is 13.9. The molecule has 0 aromatic heterocycles.